The number of carbonyl (C=O) groups is 1. The van der Waals surface area contributed by atoms with Gasteiger partial charge in [0.1, 0.15) is 16.0 Å². The molecule has 2 fully saturated rings. The van der Waals surface area contributed by atoms with Crippen molar-refractivity contribution in [3.8, 4) is 0 Å². The third-order valence-electron chi connectivity index (χ3n) is 5.00. The van der Waals surface area contributed by atoms with Crippen molar-refractivity contribution in [2.45, 2.75) is 51.3 Å². The monoisotopic (exact) mass is 407 g/mol. The molecule has 0 aromatic carbocycles. The van der Waals surface area contributed by atoms with Crippen LogP contribution in [0.1, 0.15) is 39.7 Å². The number of fused-ring (bicyclic) bond motifs is 3. The van der Waals surface area contributed by atoms with Gasteiger partial charge in [-0.05, 0) is 61.5 Å². The van der Waals surface area contributed by atoms with Gasteiger partial charge >= 0.3 is 6.09 Å². The van der Waals surface area contributed by atoms with Gasteiger partial charge in [-0.2, -0.15) is 5.10 Å². The van der Waals surface area contributed by atoms with Gasteiger partial charge in [0.2, 0.25) is 0 Å². The van der Waals surface area contributed by atoms with Crippen LogP contribution in [-0.2, 0) is 4.74 Å². The number of anilines is 1. The standard InChI is InChI=1S/C17H22BrN5O2/c1-17(2,3)25-16(24)22-8-9-6-11(22)12(7-9)23-10-4-5-20-15(19)13(10)14(18)21-23/h4-5,9,11-12H,6-8H2,1-3H3,(H2,19,20)/t9?,11?,12-/m1/s1. The van der Waals surface area contributed by atoms with Crippen LogP contribution in [0.15, 0.2) is 16.9 Å². The lowest BCUT2D eigenvalue weighted by atomic mass is 10.1. The number of hydrogen-bond acceptors (Lipinski definition) is 5. The Balaban J connectivity index is 1.67. The summed E-state index contributed by atoms with van der Waals surface area (Å²) in [6.45, 7) is 6.44. The third kappa shape index (κ3) is 2.76. The van der Waals surface area contributed by atoms with Crippen molar-refractivity contribution in [1.29, 1.82) is 0 Å². The minimum atomic E-state index is -0.490. The molecule has 2 bridgehead atoms. The molecule has 1 saturated heterocycles. The number of amides is 1. The fourth-order valence-electron chi connectivity index (χ4n) is 4.11. The average Bonchev–Trinajstić information content (AvgIpc) is 3.18. The summed E-state index contributed by atoms with van der Waals surface area (Å²) < 4.78 is 8.28. The number of halogens is 1. The molecule has 7 nitrogen and oxygen atoms in total. The quantitative estimate of drug-likeness (QED) is 0.782. The van der Waals surface area contributed by atoms with Crippen molar-refractivity contribution in [3.05, 3.63) is 16.9 Å². The Morgan fingerprint density at radius 1 is 1.36 bits per heavy atom. The number of hydrogen-bond donors (Lipinski definition) is 1. The van der Waals surface area contributed by atoms with Gasteiger partial charge in [-0.15, -0.1) is 0 Å². The number of likely N-dealkylation sites (tertiary alicyclic amines) is 1. The molecule has 25 heavy (non-hydrogen) atoms. The van der Waals surface area contributed by atoms with Crippen LogP contribution >= 0.6 is 15.9 Å². The van der Waals surface area contributed by atoms with Crippen molar-refractivity contribution in [1.82, 2.24) is 19.7 Å². The molecule has 0 radical (unpaired) electrons. The minimum Gasteiger partial charge on any atom is -0.444 e. The smallest absolute Gasteiger partial charge is 0.410 e. The Bertz CT molecular complexity index is 843. The molecule has 1 aliphatic carbocycles. The molecule has 2 aromatic rings. The fraction of sp³-hybridized carbons (Fsp3) is 0.588. The molecule has 134 valence electrons. The number of nitrogens with zero attached hydrogens (tertiary/aromatic N) is 4. The van der Waals surface area contributed by atoms with Crippen molar-refractivity contribution in [3.63, 3.8) is 0 Å². The summed E-state index contributed by atoms with van der Waals surface area (Å²) in [4.78, 5) is 18.6. The molecule has 3 heterocycles. The summed E-state index contributed by atoms with van der Waals surface area (Å²) in [5, 5.41) is 5.48. The zero-order valence-corrected chi connectivity index (χ0v) is 16.2. The lowest BCUT2D eigenvalue weighted by Gasteiger charge is -2.34. The maximum absolute atomic E-state index is 12.6. The molecule has 3 atom stereocenters. The largest absolute Gasteiger partial charge is 0.444 e. The van der Waals surface area contributed by atoms with Crippen LogP contribution in [0.25, 0.3) is 10.9 Å². The van der Waals surface area contributed by atoms with Crippen molar-refractivity contribution >= 4 is 38.7 Å². The van der Waals surface area contributed by atoms with E-state index in [1.54, 1.807) is 6.20 Å². The van der Waals surface area contributed by atoms with Crippen LogP contribution in [0.2, 0.25) is 0 Å². The second-order valence-electron chi connectivity index (χ2n) is 7.93. The van der Waals surface area contributed by atoms with Crippen LogP contribution in [0, 0.1) is 5.92 Å². The highest BCUT2D eigenvalue weighted by Gasteiger charge is 2.49. The van der Waals surface area contributed by atoms with Crippen LogP contribution in [-0.4, -0.2) is 43.9 Å². The van der Waals surface area contributed by atoms with E-state index in [-0.39, 0.29) is 18.2 Å². The lowest BCUT2D eigenvalue weighted by molar-refractivity contribution is 0.0135. The zero-order valence-electron chi connectivity index (χ0n) is 14.6. The molecule has 4 rings (SSSR count). The first-order chi connectivity index (χ1) is 11.7. The predicted molar refractivity (Wildman–Crippen MR) is 98.1 cm³/mol. The van der Waals surface area contributed by atoms with Crippen molar-refractivity contribution in [2.24, 2.45) is 5.92 Å². The molecule has 1 amide bonds. The highest BCUT2D eigenvalue weighted by atomic mass is 79.9. The topological polar surface area (TPSA) is 86.3 Å². The number of rotatable bonds is 1. The molecular formula is C17H22BrN5O2. The Labute approximate surface area is 154 Å². The number of piperidine rings is 1. The number of nitrogen functional groups attached to an aromatic ring is 1. The zero-order chi connectivity index (χ0) is 17.9. The molecule has 0 spiro atoms. The maximum Gasteiger partial charge on any atom is 0.410 e. The first-order valence-corrected chi connectivity index (χ1v) is 9.31. The minimum absolute atomic E-state index is 0.101. The molecule has 2 unspecified atom stereocenters. The molecule has 2 N–H and O–H groups in total. The number of pyridine rings is 1. The molecule has 2 aliphatic rings. The predicted octanol–water partition coefficient (Wildman–Crippen LogP) is 3.35. The van der Waals surface area contributed by atoms with Gasteiger partial charge in [0, 0.05) is 12.7 Å². The summed E-state index contributed by atoms with van der Waals surface area (Å²) in [6.07, 6.45) is 3.46. The summed E-state index contributed by atoms with van der Waals surface area (Å²) in [6, 6.07) is 2.15. The van der Waals surface area contributed by atoms with Gasteiger partial charge in [-0.3, -0.25) is 4.68 Å². The summed E-state index contributed by atoms with van der Waals surface area (Å²) in [5.74, 6) is 0.947. The van der Waals surface area contributed by atoms with Crippen LogP contribution in [0.5, 0.6) is 0 Å². The van der Waals surface area contributed by atoms with Gasteiger partial charge in [0.05, 0.1) is 23.0 Å². The van der Waals surface area contributed by atoms with Gasteiger partial charge in [-0.1, -0.05) is 0 Å². The second-order valence-corrected chi connectivity index (χ2v) is 8.68. The van der Waals surface area contributed by atoms with Crippen molar-refractivity contribution < 1.29 is 9.53 Å². The first kappa shape index (κ1) is 16.6. The van der Waals surface area contributed by atoms with Gasteiger partial charge in [-0.25, -0.2) is 9.78 Å². The van der Waals surface area contributed by atoms with E-state index in [2.05, 4.69) is 26.0 Å². The summed E-state index contributed by atoms with van der Waals surface area (Å²) in [5.41, 5.74) is 6.47. The van der Waals surface area contributed by atoms with E-state index in [1.807, 2.05) is 36.4 Å². The van der Waals surface area contributed by atoms with E-state index in [4.69, 9.17) is 10.5 Å². The number of ether oxygens (including phenoxy) is 1. The highest BCUT2D eigenvalue weighted by molar-refractivity contribution is 9.10. The van der Waals surface area contributed by atoms with Crippen LogP contribution in [0.3, 0.4) is 0 Å². The number of aromatic nitrogens is 3. The molecular weight excluding hydrogens is 386 g/mol. The van der Waals surface area contributed by atoms with E-state index >= 15 is 0 Å². The SMILES string of the molecule is CC(C)(C)OC(=O)N1CC2CC1[C@H](n1nc(Br)c3c(N)nccc31)C2. The highest BCUT2D eigenvalue weighted by Crippen LogP contribution is 2.46. The Hall–Kier alpha value is -1.83. The summed E-state index contributed by atoms with van der Waals surface area (Å²) >= 11 is 3.50. The molecule has 2 aromatic heterocycles. The summed E-state index contributed by atoms with van der Waals surface area (Å²) in [7, 11) is 0. The van der Waals surface area contributed by atoms with Gasteiger partial charge < -0.3 is 15.4 Å². The maximum atomic E-state index is 12.6. The molecule has 1 aliphatic heterocycles. The number of nitrogens with two attached hydrogens (primary N) is 1. The second kappa shape index (κ2) is 5.59. The number of carbonyl (C=O) groups excluding carboxylic acids is 1. The Morgan fingerprint density at radius 3 is 2.76 bits per heavy atom. The average molecular weight is 408 g/mol. The normalized spacial score (nSPS) is 25.8. The van der Waals surface area contributed by atoms with E-state index in [9.17, 15) is 4.79 Å². The first-order valence-electron chi connectivity index (χ1n) is 8.52. The van der Waals surface area contributed by atoms with Gasteiger partial charge in [0.15, 0.2) is 0 Å². The van der Waals surface area contributed by atoms with E-state index in [0.717, 1.165) is 30.3 Å². The lowest BCUT2D eigenvalue weighted by Crippen LogP contribution is -2.45. The van der Waals surface area contributed by atoms with Gasteiger partial charge in [0.25, 0.3) is 0 Å². The van der Waals surface area contributed by atoms with E-state index < -0.39 is 5.60 Å². The van der Waals surface area contributed by atoms with Crippen LogP contribution < -0.4 is 5.73 Å². The molecule has 8 heteroatoms. The Morgan fingerprint density at radius 2 is 2.08 bits per heavy atom. The van der Waals surface area contributed by atoms with Crippen molar-refractivity contribution in [2.75, 3.05) is 12.3 Å². The molecule has 1 saturated carbocycles. The fourth-order valence-corrected chi connectivity index (χ4v) is 4.68. The van der Waals surface area contributed by atoms with E-state index in [0.29, 0.717) is 16.3 Å². The Kier molecular flexibility index (Phi) is 3.72. The van der Waals surface area contributed by atoms with Crippen LogP contribution in [0.4, 0.5) is 10.6 Å². The van der Waals surface area contributed by atoms with E-state index in [1.165, 1.54) is 0 Å². The third-order valence-corrected chi connectivity index (χ3v) is 5.55.